The number of aromatic nitrogens is 4. The Morgan fingerprint density at radius 1 is 0.615 bits per heavy atom. The number of methoxy groups -OCH3 is 1. The molecule has 6 heterocycles. The van der Waals surface area contributed by atoms with Gasteiger partial charge in [-0.05, 0) is 88.7 Å². The van der Waals surface area contributed by atoms with Gasteiger partial charge in [0.05, 0.1) is 52.0 Å². The molecule has 0 spiro atoms. The predicted molar refractivity (Wildman–Crippen MR) is 239 cm³/mol. The Morgan fingerprint density at radius 2 is 1.00 bits per heavy atom. The van der Waals surface area contributed by atoms with E-state index in [1.807, 2.05) is 83.6 Å². The zero-order valence-electron chi connectivity index (χ0n) is 37.3. The van der Waals surface area contributed by atoms with E-state index in [-0.39, 0.29) is 50.3 Å². The number of amides is 2. The van der Waals surface area contributed by atoms with Gasteiger partial charge >= 0.3 is 43.0 Å². The summed E-state index contributed by atoms with van der Waals surface area (Å²) in [7, 11) is 1.30. The number of fused-ring (bicyclic) bond motifs is 2. The molecule has 2 N–H and O–H groups in total. The molecule has 0 bridgehead atoms. The van der Waals surface area contributed by atoms with E-state index < -0.39 is 59.6 Å². The van der Waals surface area contributed by atoms with Crippen LogP contribution in [-0.2, 0) is 23.8 Å². The van der Waals surface area contributed by atoms with E-state index in [9.17, 15) is 24.3 Å². The SMILES string of the molecule is CC(C)(C)OC(=O)N1C[C@H](Oc2nc3ccccc3nc2-c2cccs2)C[C@H]1C(=O)O.COC(=O)[C@@H]1C[C@@H](Oc2nc3ccccc3nc2-c2cccs2)CN1C(=O)OC(C)(C)C.[Li+].[OH-]. The molecule has 0 radical (unpaired) electrons. The van der Waals surface area contributed by atoms with E-state index in [1.54, 1.807) is 41.5 Å². The van der Waals surface area contributed by atoms with Crippen LogP contribution in [0.15, 0.2) is 83.6 Å². The molecule has 0 unspecified atom stereocenters. The topological polar surface area (TPSA) is 223 Å². The minimum Gasteiger partial charge on any atom is -0.870 e. The maximum Gasteiger partial charge on any atom is 1.00 e. The molecule has 8 rings (SSSR count). The number of thiophene rings is 2. The molecule has 2 saturated heterocycles. The van der Waals surface area contributed by atoms with Gasteiger partial charge < -0.3 is 34.3 Å². The zero-order chi connectivity index (χ0) is 45.1. The first kappa shape index (κ1) is 50.2. The Morgan fingerprint density at radius 3 is 1.35 bits per heavy atom. The van der Waals surface area contributed by atoms with E-state index in [1.165, 1.54) is 39.6 Å². The van der Waals surface area contributed by atoms with Crippen LogP contribution in [0.4, 0.5) is 9.59 Å². The summed E-state index contributed by atoms with van der Waals surface area (Å²) in [6.07, 6.45) is -1.88. The molecular weight excluding hydrogens is 872 g/mol. The van der Waals surface area contributed by atoms with Crippen molar-refractivity contribution in [2.24, 2.45) is 0 Å². The summed E-state index contributed by atoms with van der Waals surface area (Å²) in [5.74, 6) is -0.919. The first-order valence-corrected chi connectivity index (χ1v) is 22.0. The van der Waals surface area contributed by atoms with Gasteiger partial charge in [-0.25, -0.2) is 39.1 Å². The normalized spacial score (nSPS) is 18.1. The van der Waals surface area contributed by atoms with Gasteiger partial charge in [0.1, 0.15) is 46.9 Å². The number of likely N-dealkylation sites (tertiary alicyclic amines) is 2. The van der Waals surface area contributed by atoms with Gasteiger partial charge in [-0.3, -0.25) is 9.80 Å². The van der Waals surface area contributed by atoms with Crippen LogP contribution in [0.5, 0.6) is 11.8 Å². The minimum atomic E-state index is -1.10. The molecule has 2 fully saturated rings. The molecule has 0 aliphatic carbocycles. The number of carbonyl (C=O) groups is 4. The molecule has 4 aromatic heterocycles. The maximum atomic E-state index is 12.7. The maximum absolute atomic E-state index is 12.7. The Hall–Kier alpha value is -5.84. The summed E-state index contributed by atoms with van der Waals surface area (Å²) in [5.41, 5.74) is 2.69. The van der Waals surface area contributed by atoms with Gasteiger partial charge in [0, 0.05) is 12.8 Å². The number of carboxylic acid groups (broad SMARTS) is 1. The molecule has 2 aliphatic rings. The molecule has 65 heavy (non-hydrogen) atoms. The van der Waals surface area contributed by atoms with E-state index >= 15 is 0 Å². The number of aliphatic carboxylic acids is 1. The number of esters is 1. The van der Waals surface area contributed by atoms with Crippen LogP contribution < -0.4 is 28.3 Å². The van der Waals surface area contributed by atoms with Crippen LogP contribution in [-0.4, -0.2) is 120 Å². The predicted octanol–water partition coefficient (Wildman–Crippen LogP) is 5.32. The second-order valence-corrected chi connectivity index (χ2v) is 18.7. The van der Waals surface area contributed by atoms with Gasteiger partial charge in [0.25, 0.3) is 0 Å². The molecule has 2 aromatic carbocycles. The average Bonchev–Trinajstić information content (AvgIpc) is 4.07. The minimum absolute atomic E-state index is 0. The standard InChI is InChI=1S/C23H25N3O5S.C22H23N3O5S.Li.H2O/c1-23(2,3)31-22(28)26-13-14(12-17(26)21(27)29-4)30-20-19(18-10-7-11-32-18)24-15-8-5-6-9-16(15)25-20;1-22(2,3)30-21(28)25-12-13(11-16(25)20(26)27)29-19-18(17-9-6-10-31-17)23-14-7-4-5-8-15(14)24-19;;/h5-11,14,17H,12-13H2,1-4H3;4-10,13,16H,11-12H2,1-3H3,(H,26,27);;1H2/q;;+1;/p-1/t14-,17+;13-,16+;;/m11../s1. The van der Waals surface area contributed by atoms with Crippen LogP contribution in [0, 0.1) is 0 Å². The molecule has 4 atom stereocenters. The van der Waals surface area contributed by atoms with Crippen molar-refractivity contribution in [2.75, 3.05) is 20.2 Å². The van der Waals surface area contributed by atoms with E-state index in [2.05, 4.69) is 9.97 Å². The van der Waals surface area contributed by atoms with E-state index in [4.69, 9.17) is 33.7 Å². The van der Waals surface area contributed by atoms with Crippen molar-refractivity contribution in [1.29, 1.82) is 0 Å². The first-order valence-electron chi connectivity index (χ1n) is 20.2. The van der Waals surface area contributed by atoms with Gasteiger partial charge in [-0.2, -0.15) is 0 Å². The summed E-state index contributed by atoms with van der Waals surface area (Å²) in [6.45, 7) is 10.8. The van der Waals surface area contributed by atoms with Crippen molar-refractivity contribution in [3.8, 4) is 32.9 Å². The molecule has 20 heteroatoms. The van der Waals surface area contributed by atoms with Crippen LogP contribution in [0.3, 0.4) is 0 Å². The van der Waals surface area contributed by atoms with Crippen molar-refractivity contribution in [3.05, 3.63) is 83.6 Å². The molecule has 338 valence electrons. The summed E-state index contributed by atoms with van der Waals surface area (Å²) in [4.78, 5) is 72.6. The number of carbonyl (C=O) groups excluding carboxylic acids is 3. The molecular formula is C45H49LiN6O11S2. The molecule has 17 nitrogen and oxygen atoms in total. The molecule has 6 aromatic rings. The van der Waals surface area contributed by atoms with Gasteiger partial charge in [0.2, 0.25) is 11.8 Å². The molecule has 2 aliphatic heterocycles. The summed E-state index contributed by atoms with van der Waals surface area (Å²) >= 11 is 3.05. The Kier molecular flexibility index (Phi) is 16.2. The Labute approximate surface area is 395 Å². The summed E-state index contributed by atoms with van der Waals surface area (Å²) in [5, 5.41) is 13.5. The Bertz CT molecular complexity index is 2600. The second kappa shape index (κ2) is 21.0. The van der Waals surface area contributed by atoms with E-state index in [0.29, 0.717) is 34.2 Å². The number of hydrogen-bond donors (Lipinski definition) is 1. The number of hydrogen-bond acceptors (Lipinski definition) is 16. The van der Waals surface area contributed by atoms with Crippen molar-refractivity contribution in [3.63, 3.8) is 0 Å². The fraction of sp³-hybridized carbons (Fsp3) is 0.378. The first-order chi connectivity index (χ1) is 30.0. The van der Waals surface area contributed by atoms with Crippen LogP contribution in [0.2, 0.25) is 0 Å². The number of carboxylic acids is 1. The third-order valence-corrected chi connectivity index (χ3v) is 11.4. The van der Waals surface area contributed by atoms with Gasteiger partial charge in [0.15, 0.2) is 0 Å². The number of para-hydroxylation sites is 4. The fourth-order valence-corrected chi connectivity index (χ4v) is 8.41. The van der Waals surface area contributed by atoms with Crippen molar-refractivity contribution in [2.45, 2.75) is 89.9 Å². The monoisotopic (exact) mass is 920 g/mol. The quantitative estimate of drug-likeness (QED) is 0.116. The number of benzene rings is 2. The molecule has 0 saturated carbocycles. The Balaban J connectivity index is 0.000000237. The van der Waals surface area contributed by atoms with E-state index in [0.717, 1.165) is 20.8 Å². The smallest absolute Gasteiger partial charge is 0.870 e. The zero-order valence-corrected chi connectivity index (χ0v) is 38.9. The summed E-state index contributed by atoms with van der Waals surface area (Å²) in [6, 6.07) is 21.0. The summed E-state index contributed by atoms with van der Waals surface area (Å²) < 4.78 is 28.2. The third-order valence-electron chi connectivity index (χ3n) is 9.68. The van der Waals surface area contributed by atoms with Crippen molar-refractivity contribution >= 4 is 68.9 Å². The second-order valence-electron chi connectivity index (χ2n) is 16.8. The van der Waals surface area contributed by atoms with Crippen LogP contribution in [0.1, 0.15) is 54.4 Å². The van der Waals surface area contributed by atoms with Gasteiger partial charge in [-0.1, -0.05) is 36.4 Å². The average molecular weight is 921 g/mol. The van der Waals surface area contributed by atoms with Crippen molar-refractivity contribution in [1.82, 2.24) is 29.7 Å². The third kappa shape index (κ3) is 12.3. The fourth-order valence-electron chi connectivity index (χ4n) is 7.00. The largest absolute Gasteiger partial charge is 1.00 e. The number of ether oxygens (including phenoxy) is 5. The molecule has 2 amide bonds. The van der Waals surface area contributed by atoms with Crippen LogP contribution >= 0.6 is 22.7 Å². The number of rotatable bonds is 8. The van der Waals surface area contributed by atoms with Crippen molar-refractivity contribution < 1.29 is 72.3 Å². The van der Waals surface area contributed by atoms with Crippen LogP contribution in [0.25, 0.3) is 43.2 Å². The van der Waals surface area contributed by atoms with Gasteiger partial charge in [-0.15, -0.1) is 22.7 Å². The number of nitrogens with zero attached hydrogens (tertiary/aromatic N) is 6.